The molecule has 1 aliphatic heterocycles. The molecule has 0 aromatic heterocycles. The number of aryl methyl sites for hydroxylation is 1. The van der Waals surface area contributed by atoms with Crippen molar-refractivity contribution < 1.29 is 19.1 Å². The number of amides is 4. The molecule has 0 aliphatic carbocycles. The van der Waals surface area contributed by atoms with E-state index in [1.54, 1.807) is 24.3 Å². The summed E-state index contributed by atoms with van der Waals surface area (Å²) in [6, 6.07) is 14.0. The second-order valence-corrected chi connectivity index (χ2v) is 7.71. The second-order valence-electron chi connectivity index (χ2n) is 7.71. The van der Waals surface area contributed by atoms with Crippen LogP contribution in [0.25, 0.3) is 6.08 Å². The van der Waals surface area contributed by atoms with Crippen LogP contribution in [0.3, 0.4) is 0 Å². The van der Waals surface area contributed by atoms with Gasteiger partial charge >= 0.3 is 6.03 Å². The number of benzene rings is 2. The van der Waals surface area contributed by atoms with Gasteiger partial charge in [0.25, 0.3) is 5.91 Å². The molecule has 1 saturated heterocycles. The number of para-hydroxylation sites is 1. The van der Waals surface area contributed by atoms with Gasteiger partial charge in [0, 0.05) is 5.69 Å². The van der Waals surface area contributed by atoms with Gasteiger partial charge in [0.05, 0.1) is 6.61 Å². The molecule has 31 heavy (non-hydrogen) atoms. The van der Waals surface area contributed by atoms with Gasteiger partial charge in [-0.25, -0.2) is 9.69 Å². The fraction of sp³-hybridized carbons (Fsp3) is 0.292. The van der Waals surface area contributed by atoms with Crippen molar-refractivity contribution in [2.45, 2.75) is 27.2 Å². The van der Waals surface area contributed by atoms with Gasteiger partial charge < -0.3 is 15.4 Å². The lowest BCUT2D eigenvalue weighted by atomic mass is 10.1. The van der Waals surface area contributed by atoms with Crippen LogP contribution >= 0.6 is 0 Å². The van der Waals surface area contributed by atoms with E-state index in [2.05, 4.69) is 24.5 Å². The van der Waals surface area contributed by atoms with Gasteiger partial charge in [0.1, 0.15) is 18.0 Å². The topological polar surface area (TPSA) is 87.7 Å². The van der Waals surface area contributed by atoms with E-state index in [1.807, 2.05) is 37.3 Å². The summed E-state index contributed by atoms with van der Waals surface area (Å²) < 4.78 is 5.65. The molecule has 4 amide bonds. The van der Waals surface area contributed by atoms with Gasteiger partial charge in [0.15, 0.2) is 0 Å². The summed E-state index contributed by atoms with van der Waals surface area (Å²) in [5, 5.41) is 5.31. The predicted octanol–water partition coefficient (Wildman–Crippen LogP) is 3.82. The van der Waals surface area contributed by atoms with Gasteiger partial charge in [0.2, 0.25) is 5.91 Å². The standard InChI is InChI=1S/C24H27N3O4/c1-4-18-7-5-6-8-20(18)25-22(28)14-27-23(29)21(26-24(27)30)13-17-9-11-19(12-10-17)31-15-16(2)3/h5-13,16H,4,14-15H2,1-3H3,(H,25,28)(H,26,30)/b21-13+. The molecular weight excluding hydrogens is 394 g/mol. The molecular formula is C24H27N3O4. The van der Waals surface area contributed by atoms with Gasteiger partial charge in [-0.05, 0) is 47.7 Å². The first-order valence-electron chi connectivity index (χ1n) is 10.3. The SMILES string of the molecule is CCc1ccccc1NC(=O)CN1C(=O)N/C(=C/c2ccc(OCC(C)C)cc2)C1=O. The van der Waals surface area contributed by atoms with E-state index in [0.717, 1.165) is 28.2 Å². The van der Waals surface area contributed by atoms with E-state index in [1.165, 1.54) is 0 Å². The first-order chi connectivity index (χ1) is 14.9. The Hall–Kier alpha value is -3.61. The molecule has 7 heteroatoms. The van der Waals surface area contributed by atoms with Crippen LogP contribution in [0, 0.1) is 5.92 Å². The summed E-state index contributed by atoms with van der Waals surface area (Å²) >= 11 is 0. The monoisotopic (exact) mass is 421 g/mol. The van der Waals surface area contributed by atoms with E-state index in [4.69, 9.17) is 4.74 Å². The maximum atomic E-state index is 12.6. The number of nitrogens with one attached hydrogen (secondary N) is 2. The molecule has 162 valence electrons. The summed E-state index contributed by atoms with van der Waals surface area (Å²) in [7, 11) is 0. The van der Waals surface area contributed by atoms with E-state index in [-0.39, 0.29) is 12.2 Å². The molecule has 1 heterocycles. The lowest BCUT2D eigenvalue weighted by molar-refractivity contribution is -0.127. The van der Waals surface area contributed by atoms with E-state index < -0.39 is 17.8 Å². The Balaban J connectivity index is 1.64. The number of hydrogen-bond donors (Lipinski definition) is 2. The maximum Gasteiger partial charge on any atom is 0.329 e. The molecule has 0 radical (unpaired) electrons. The average Bonchev–Trinajstić information content (AvgIpc) is 3.01. The Labute approximate surface area is 182 Å². The summed E-state index contributed by atoms with van der Waals surface area (Å²) in [5.74, 6) is 0.191. The molecule has 0 unspecified atom stereocenters. The number of ether oxygens (including phenoxy) is 1. The minimum absolute atomic E-state index is 0.127. The van der Waals surface area contributed by atoms with Crippen molar-refractivity contribution >= 4 is 29.6 Å². The van der Waals surface area contributed by atoms with Gasteiger partial charge in [-0.1, -0.05) is 51.1 Å². The van der Waals surface area contributed by atoms with E-state index in [0.29, 0.717) is 18.2 Å². The smallest absolute Gasteiger partial charge is 0.329 e. The van der Waals surface area contributed by atoms with Crippen LogP contribution in [0.15, 0.2) is 54.2 Å². The van der Waals surface area contributed by atoms with Crippen LogP contribution in [-0.4, -0.2) is 35.9 Å². The van der Waals surface area contributed by atoms with Crippen LogP contribution in [0.1, 0.15) is 31.9 Å². The van der Waals surface area contributed by atoms with Crippen LogP contribution in [0.5, 0.6) is 5.75 Å². The molecule has 3 rings (SSSR count). The largest absolute Gasteiger partial charge is 0.493 e. The third-order valence-corrected chi connectivity index (χ3v) is 4.71. The van der Waals surface area contributed by atoms with Gasteiger partial charge in [-0.15, -0.1) is 0 Å². The summed E-state index contributed by atoms with van der Waals surface area (Å²) in [4.78, 5) is 38.2. The number of hydrogen-bond acceptors (Lipinski definition) is 4. The fourth-order valence-corrected chi connectivity index (χ4v) is 3.09. The van der Waals surface area contributed by atoms with Crippen LogP contribution < -0.4 is 15.4 Å². The van der Waals surface area contributed by atoms with Crippen molar-refractivity contribution in [1.29, 1.82) is 0 Å². The second kappa shape index (κ2) is 9.93. The molecule has 7 nitrogen and oxygen atoms in total. The van der Waals surface area contributed by atoms with Crippen molar-refractivity contribution in [2.75, 3.05) is 18.5 Å². The van der Waals surface area contributed by atoms with Crippen molar-refractivity contribution in [2.24, 2.45) is 5.92 Å². The Morgan fingerprint density at radius 2 is 1.84 bits per heavy atom. The van der Waals surface area contributed by atoms with Gasteiger partial charge in [-0.3, -0.25) is 9.59 Å². The predicted molar refractivity (Wildman–Crippen MR) is 119 cm³/mol. The lowest BCUT2D eigenvalue weighted by Crippen LogP contribution is -2.38. The molecule has 1 fully saturated rings. The van der Waals surface area contributed by atoms with E-state index >= 15 is 0 Å². The molecule has 0 bridgehead atoms. The first-order valence-corrected chi connectivity index (χ1v) is 10.3. The molecule has 0 spiro atoms. The van der Waals surface area contributed by atoms with E-state index in [9.17, 15) is 14.4 Å². The van der Waals surface area contributed by atoms with Crippen molar-refractivity contribution in [3.63, 3.8) is 0 Å². The zero-order chi connectivity index (χ0) is 22.4. The number of carbonyl (C=O) groups is 3. The lowest BCUT2D eigenvalue weighted by Gasteiger charge is -2.13. The Morgan fingerprint density at radius 3 is 2.52 bits per heavy atom. The molecule has 0 saturated carbocycles. The van der Waals surface area contributed by atoms with Crippen LogP contribution in [0.2, 0.25) is 0 Å². The number of anilines is 1. The third kappa shape index (κ3) is 5.72. The Morgan fingerprint density at radius 1 is 1.13 bits per heavy atom. The maximum absolute atomic E-state index is 12.6. The van der Waals surface area contributed by atoms with Gasteiger partial charge in [-0.2, -0.15) is 0 Å². The molecule has 0 atom stereocenters. The molecule has 2 aromatic carbocycles. The zero-order valence-corrected chi connectivity index (χ0v) is 18.0. The number of urea groups is 1. The Kier molecular flexibility index (Phi) is 7.07. The zero-order valence-electron chi connectivity index (χ0n) is 18.0. The minimum atomic E-state index is -0.618. The highest BCUT2D eigenvalue weighted by molar-refractivity contribution is 6.16. The quantitative estimate of drug-likeness (QED) is 0.501. The molecule has 2 N–H and O–H groups in total. The molecule has 2 aromatic rings. The highest BCUT2D eigenvalue weighted by atomic mass is 16.5. The van der Waals surface area contributed by atoms with Crippen LogP contribution in [-0.2, 0) is 16.0 Å². The number of nitrogens with zero attached hydrogens (tertiary/aromatic N) is 1. The average molecular weight is 421 g/mol. The molecule has 1 aliphatic rings. The summed E-state index contributed by atoms with van der Waals surface area (Å²) in [6.45, 7) is 6.39. The third-order valence-electron chi connectivity index (χ3n) is 4.71. The first kappa shape index (κ1) is 22.1. The Bertz CT molecular complexity index is 996. The number of imide groups is 1. The summed E-state index contributed by atoms with van der Waals surface area (Å²) in [6.07, 6.45) is 2.34. The fourth-order valence-electron chi connectivity index (χ4n) is 3.09. The normalized spacial score (nSPS) is 14.8. The number of rotatable bonds is 8. The van der Waals surface area contributed by atoms with Crippen molar-refractivity contribution in [1.82, 2.24) is 10.2 Å². The highest BCUT2D eigenvalue weighted by Gasteiger charge is 2.34. The minimum Gasteiger partial charge on any atom is -0.493 e. The highest BCUT2D eigenvalue weighted by Crippen LogP contribution is 2.19. The van der Waals surface area contributed by atoms with Crippen molar-refractivity contribution in [3.8, 4) is 5.75 Å². The number of carbonyl (C=O) groups excluding carboxylic acids is 3. The van der Waals surface area contributed by atoms with Crippen molar-refractivity contribution in [3.05, 3.63) is 65.4 Å². The van der Waals surface area contributed by atoms with Crippen LogP contribution in [0.4, 0.5) is 10.5 Å². The summed E-state index contributed by atoms with van der Waals surface area (Å²) in [5.41, 5.74) is 2.53.